The van der Waals surface area contributed by atoms with Gasteiger partial charge in [-0.05, 0) is 24.7 Å². The topological polar surface area (TPSA) is 152 Å². The fourth-order valence-corrected chi connectivity index (χ4v) is 6.81. The summed E-state index contributed by atoms with van der Waals surface area (Å²) in [6.45, 7) is 8.09. The minimum absolute atomic E-state index is 0.201. The summed E-state index contributed by atoms with van der Waals surface area (Å²) in [6.07, 6.45) is 21.4. The van der Waals surface area contributed by atoms with Gasteiger partial charge in [-0.1, -0.05) is 169 Å². The van der Waals surface area contributed by atoms with Crippen LogP contribution in [0.5, 0.6) is 0 Å². The summed E-state index contributed by atoms with van der Waals surface area (Å²) in [4.78, 5) is 25.3. The van der Waals surface area contributed by atoms with Gasteiger partial charge in [-0.15, -0.1) is 0 Å². The van der Waals surface area contributed by atoms with Crippen molar-refractivity contribution in [2.75, 3.05) is 19.8 Å². The third-order valence-corrected chi connectivity index (χ3v) is 11.0. The summed E-state index contributed by atoms with van der Waals surface area (Å²) in [5, 5.41) is 39.7. The molecule has 1 heterocycles. The van der Waals surface area contributed by atoms with Crippen molar-refractivity contribution in [3.63, 3.8) is 0 Å². The zero-order valence-corrected chi connectivity index (χ0v) is 34.4. The molecule has 0 bridgehead atoms. The molecule has 1 aliphatic rings. The molecule has 0 spiro atoms. The van der Waals surface area contributed by atoms with Gasteiger partial charge in [-0.25, -0.2) is 0 Å². The van der Waals surface area contributed by atoms with Crippen LogP contribution in [0.1, 0.15) is 195 Å². The van der Waals surface area contributed by atoms with Crippen molar-refractivity contribution in [1.29, 1.82) is 0 Å². The second kappa shape index (κ2) is 32.9. The minimum Gasteiger partial charge on any atom is -0.462 e. The minimum atomic E-state index is -1.48. The predicted octanol–water partition coefficient (Wildman–Crippen LogP) is 8.71. The summed E-state index contributed by atoms with van der Waals surface area (Å²) in [7, 11) is 0. The first kappa shape index (κ1) is 49.7. The molecule has 0 aromatic carbocycles. The molecule has 53 heavy (non-hydrogen) atoms. The Morgan fingerprint density at radius 3 is 1.45 bits per heavy atom. The van der Waals surface area contributed by atoms with Crippen molar-refractivity contribution in [2.24, 2.45) is 11.8 Å². The molecule has 0 aliphatic carbocycles. The van der Waals surface area contributed by atoms with Crippen molar-refractivity contribution >= 4 is 11.9 Å². The summed E-state index contributed by atoms with van der Waals surface area (Å²) in [6, 6.07) is 0. The van der Waals surface area contributed by atoms with Crippen LogP contribution >= 0.6 is 0 Å². The molecule has 3 unspecified atom stereocenters. The highest BCUT2D eigenvalue weighted by Gasteiger charge is 2.46. The normalized spacial score (nSPS) is 21.0. The van der Waals surface area contributed by atoms with Crippen molar-refractivity contribution in [1.82, 2.24) is 0 Å². The van der Waals surface area contributed by atoms with E-state index in [2.05, 4.69) is 27.7 Å². The number of ether oxygens (including phenoxy) is 4. The maximum atomic E-state index is 12.7. The summed E-state index contributed by atoms with van der Waals surface area (Å²) in [5.41, 5.74) is 0. The summed E-state index contributed by atoms with van der Waals surface area (Å²) in [5.74, 6) is 0.904. The Morgan fingerprint density at radius 2 is 1.02 bits per heavy atom. The molecule has 1 saturated heterocycles. The molecule has 0 aromatic rings. The molecule has 8 atom stereocenters. The molecular formula is C43H82O10. The van der Waals surface area contributed by atoms with Crippen LogP contribution in [-0.4, -0.2) is 89.0 Å². The highest BCUT2D eigenvalue weighted by Crippen LogP contribution is 2.25. The van der Waals surface area contributed by atoms with Gasteiger partial charge in [0.2, 0.25) is 0 Å². The number of hydrogen-bond donors (Lipinski definition) is 4. The van der Waals surface area contributed by atoms with Gasteiger partial charge in [-0.2, -0.15) is 0 Å². The summed E-state index contributed by atoms with van der Waals surface area (Å²) < 4.78 is 22.1. The van der Waals surface area contributed by atoms with Crippen LogP contribution < -0.4 is 0 Å². The molecule has 1 rings (SSSR count). The Bertz CT molecular complexity index is 872. The van der Waals surface area contributed by atoms with Gasteiger partial charge in [-0.3, -0.25) is 9.59 Å². The fourth-order valence-electron chi connectivity index (χ4n) is 6.81. The molecule has 0 aromatic heterocycles. The standard InChI is InChI=1S/C43H82O10/c1-5-34(3)27-23-19-15-11-7-9-13-17-21-25-29-38(46)50-32-36(33-51-43-41(49)40(48)42(53-43)37(45)31-44)52-39(47)30-26-22-18-14-10-8-12-16-20-24-28-35(4)6-2/h34-37,40-45,48-49H,5-33H2,1-4H3/t34?,35?,36?,37-,40-,41-,42-,43-/m1/s1. The Hall–Kier alpha value is -1.30. The molecule has 4 N–H and O–H groups in total. The Morgan fingerprint density at radius 1 is 0.604 bits per heavy atom. The molecule has 10 heteroatoms. The van der Waals surface area contributed by atoms with E-state index in [0.717, 1.165) is 50.4 Å². The van der Waals surface area contributed by atoms with E-state index in [1.54, 1.807) is 0 Å². The zero-order valence-electron chi connectivity index (χ0n) is 34.4. The van der Waals surface area contributed by atoms with E-state index >= 15 is 0 Å². The van der Waals surface area contributed by atoms with Crippen molar-refractivity contribution in [2.45, 2.75) is 231 Å². The quantitative estimate of drug-likeness (QED) is 0.0361. The van der Waals surface area contributed by atoms with Crippen LogP contribution in [0.15, 0.2) is 0 Å². The average Bonchev–Trinajstić information content (AvgIpc) is 3.44. The molecular weight excluding hydrogens is 676 g/mol. The second-order valence-corrected chi connectivity index (χ2v) is 16.0. The van der Waals surface area contributed by atoms with E-state index < -0.39 is 49.4 Å². The van der Waals surface area contributed by atoms with Gasteiger partial charge in [0.25, 0.3) is 0 Å². The van der Waals surface area contributed by atoms with Crippen LogP contribution in [0.2, 0.25) is 0 Å². The highest BCUT2D eigenvalue weighted by atomic mass is 16.7. The third-order valence-electron chi connectivity index (χ3n) is 11.0. The number of aliphatic hydroxyl groups excluding tert-OH is 4. The largest absolute Gasteiger partial charge is 0.462 e. The van der Waals surface area contributed by atoms with E-state index in [1.807, 2.05) is 0 Å². The maximum Gasteiger partial charge on any atom is 0.306 e. The van der Waals surface area contributed by atoms with Gasteiger partial charge in [0.1, 0.15) is 31.0 Å². The van der Waals surface area contributed by atoms with Crippen LogP contribution in [0.3, 0.4) is 0 Å². The Labute approximate surface area is 323 Å². The Balaban J connectivity index is 2.34. The lowest BCUT2D eigenvalue weighted by atomic mass is 9.99. The second-order valence-electron chi connectivity index (χ2n) is 16.0. The van der Waals surface area contributed by atoms with Crippen LogP contribution in [-0.2, 0) is 28.5 Å². The number of carbonyl (C=O) groups excluding carboxylic acids is 2. The van der Waals surface area contributed by atoms with E-state index in [4.69, 9.17) is 18.9 Å². The molecule has 0 saturated carbocycles. The molecule has 314 valence electrons. The molecule has 0 amide bonds. The van der Waals surface area contributed by atoms with Gasteiger partial charge < -0.3 is 39.4 Å². The van der Waals surface area contributed by atoms with Crippen LogP contribution in [0.25, 0.3) is 0 Å². The Kier molecular flexibility index (Phi) is 30.9. The number of aliphatic hydroxyl groups is 4. The predicted molar refractivity (Wildman–Crippen MR) is 210 cm³/mol. The monoisotopic (exact) mass is 759 g/mol. The van der Waals surface area contributed by atoms with Crippen LogP contribution in [0, 0.1) is 11.8 Å². The highest BCUT2D eigenvalue weighted by molar-refractivity contribution is 5.70. The fraction of sp³-hybridized carbons (Fsp3) is 0.953. The lowest BCUT2D eigenvalue weighted by Crippen LogP contribution is -2.40. The number of rotatable bonds is 36. The van der Waals surface area contributed by atoms with E-state index in [9.17, 15) is 30.0 Å². The van der Waals surface area contributed by atoms with Gasteiger partial charge >= 0.3 is 11.9 Å². The number of carbonyl (C=O) groups is 2. The lowest BCUT2D eigenvalue weighted by Gasteiger charge is -2.22. The SMILES string of the molecule is CCC(C)CCCCCCCCCCCCC(=O)OCC(CO[C@@H]1O[C@H]([C@H](O)CO)[C@H](O)[C@H]1O)OC(=O)CCCCCCCCCCCCC(C)CC. The number of unbranched alkanes of at least 4 members (excludes halogenated alkanes) is 18. The molecule has 10 nitrogen and oxygen atoms in total. The molecule has 1 aliphatic heterocycles. The van der Waals surface area contributed by atoms with Crippen LogP contribution in [0.4, 0.5) is 0 Å². The smallest absolute Gasteiger partial charge is 0.306 e. The number of esters is 2. The van der Waals surface area contributed by atoms with Gasteiger partial charge in [0.15, 0.2) is 12.4 Å². The first-order valence-corrected chi connectivity index (χ1v) is 21.9. The molecule has 1 fully saturated rings. The third kappa shape index (κ3) is 25.5. The maximum absolute atomic E-state index is 12.7. The van der Waals surface area contributed by atoms with E-state index in [0.29, 0.717) is 6.42 Å². The van der Waals surface area contributed by atoms with Crippen molar-refractivity contribution in [3.05, 3.63) is 0 Å². The lowest BCUT2D eigenvalue weighted by molar-refractivity contribution is -0.200. The van der Waals surface area contributed by atoms with E-state index in [1.165, 1.54) is 109 Å². The van der Waals surface area contributed by atoms with Gasteiger partial charge in [0.05, 0.1) is 13.2 Å². The molecule has 0 radical (unpaired) electrons. The average molecular weight is 759 g/mol. The van der Waals surface area contributed by atoms with E-state index in [-0.39, 0.29) is 32.0 Å². The van der Waals surface area contributed by atoms with Crippen molar-refractivity contribution < 1.29 is 49.0 Å². The van der Waals surface area contributed by atoms with Crippen molar-refractivity contribution in [3.8, 4) is 0 Å². The summed E-state index contributed by atoms with van der Waals surface area (Å²) >= 11 is 0. The first-order chi connectivity index (χ1) is 25.6. The first-order valence-electron chi connectivity index (χ1n) is 21.9. The zero-order chi connectivity index (χ0) is 39.1. The number of hydrogen-bond acceptors (Lipinski definition) is 10. The van der Waals surface area contributed by atoms with Gasteiger partial charge in [0, 0.05) is 12.8 Å².